The van der Waals surface area contributed by atoms with Gasteiger partial charge in [0.25, 0.3) is 0 Å². The van der Waals surface area contributed by atoms with Crippen molar-refractivity contribution in [1.82, 2.24) is 4.90 Å². The number of halogens is 2. The van der Waals surface area contributed by atoms with Crippen LogP contribution in [0, 0.1) is 5.92 Å². The summed E-state index contributed by atoms with van der Waals surface area (Å²) < 4.78 is 0. The minimum absolute atomic E-state index is 0.729. The van der Waals surface area contributed by atoms with E-state index >= 15 is 0 Å². The van der Waals surface area contributed by atoms with E-state index < -0.39 is 0 Å². The van der Waals surface area contributed by atoms with Crippen LogP contribution in [0.1, 0.15) is 6.92 Å². The van der Waals surface area contributed by atoms with Crippen LogP contribution in [0.3, 0.4) is 0 Å². The first-order valence-corrected chi connectivity index (χ1v) is 7.98. The summed E-state index contributed by atoms with van der Waals surface area (Å²) in [5.74, 6) is 0.729. The van der Waals surface area contributed by atoms with Gasteiger partial charge in [-0.05, 0) is 30.2 Å². The van der Waals surface area contributed by atoms with Crippen LogP contribution in [0.25, 0.3) is 0 Å². The van der Waals surface area contributed by atoms with Gasteiger partial charge in [0.15, 0.2) is 0 Å². The predicted octanol–water partition coefficient (Wildman–Crippen LogP) is 3.49. The third-order valence-electron chi connectivity index (χ3n) is 3.40. The standard InChI is InChI=1S/C14H20BrClN2/c1-12(10-15)11-17-6-8-18(9-7-17)14-4-2-13(16)3-5-14/h2-5,12H,6-11H2,1H3. The summed E-state index contributed by atoms with van der Waals surface area (Å²) in [4.78, 5) is 4.99. The van der Waals surface area contributed by atoms with Gasteiger partial charge in [0, 0.05) is 48.8 Å². The average molecular weight is 332 g/mol. The summed E-state index contributed by atoms with van der Waals surface area (Å²) in [7, 11) is 0. The minimum atomic E-state index is 0.729. The molecule has 1 aliphatic rings. The molecule has 0 N–H and O–H groups in total. The average Bonchev–Trinajstić information content (AvgIpc) is 2.40. The molecule has 2 rings (SSSR count). The van der Waals surface area contributed by atoms with Crippen molar-refractivity contribution >= 4 is 33.2 Å². The quantitative estimate of drug-likeness (QED) is 0.779. The molecule has 1 saturated heterocycles. The highest BCUT2D eigenvalue weighted by Crippen LogP contribution is 2.19. The predicted molar refractivity (Wildman–Crippen MR) is 83.1 cm³/mol. The molecule has 1 aliphatic heterocycles. The highest BCUT2D eigenvalue weighted by atomic mass is 79.9. The van der Waals surface area contributed by atoms with Gasteiger partial charge in [0.05, 0.1) is 0 Å². The van der Waals surface area contributed by atoms with E-state index in [1.807, 2.05) is 12.1 Å². The van der Waals surface area contributed by atoms with Crippen LogP contribution in [0.5, 0.6) is 0 Å². The van der Waals surface area contributed by atoms with Crippen LogP contribution >= 0.6 is 27.5 Å². The Hall–Kier alpha value is -0.250. The number of nitrogens with zero attached hydrogens (tertiary/aromatic N) is 2. The van der Waals surface area contributed by atoms with Crippen molar-refractivity contribution in [1.29, 1.82) is 0 Å². The fourth-order valence-electron chi connectivity index (χ4n) is 2.33. The van der Waals surface area contributed by atoms with E-state index in [2.05, 4.69) is 44.8 Å². The number of rotatable bonds is 4. The fraction of sp³-hybridized carbons (Fsp3) is 0.571. The Morgan fingerprint density at radius 2 is 1.78 bits per heavy atom. The van der Waals surface area contributed by atoms with Gasteiger partial charge >= 0.3 is 0 Å². The zero-order chi connectivity index (χ0) is 13.0. The van der Waals surface area contributed by atoms with Gasteiger partial charge < -0.3 is 4.90 Å². The molecule has 1 aromatic rings. The number of hydrogen-bond donors (Lipinski definition) is 0. The number of alkyl halides is 1. The van der Waals surface area contributed by atoms with Crippen LogP contribution in [0.4, 0.5) is 5.69 Å². The van der Waals surface area contributed by atoms with E-state index in [0.29, 0.717) is 0 Å². The number of benzene rings is 1. The number of piperazine rings is 1. The summed E-state index contributed by atoms with van der Waals surface area (Å²) in [5.41, 5.74) is 1.28. The molecule has 1 unspecified atom stereocenters. The molecule has 0 saturated carbocycles. The lowest BCUT2D eigenvalue weighted by atomic mass is 10.2. The molecule has 100 valence electrons. The van der Waals surface area contributed by atoms with E-state index in [1.165, 1.54) is 12.2 Å². The van der Waals surface area contributed by atoms with Crippen LogP contribution in [0.2, 0.25) is 5.02 Å². The fourth-order valence-corrected chi connectivity index (χ4v) is 2.66. The summed E-state index contributed by atoms with van der Waals surface area (Å²) in [6, 6.07) is 8.16. The Bertz CT molecular complexity index is 361. The third-order valence-corrected chi connectivity index (χ3v) is 4.75. The van der Waals surface area contributed by atoms with Gasteiger partial charge in [-0.1, -0.05) is 34.5 Å². The Morgan fingerprint density at radius 3 is 2.33 bits per heavy atom. The zero-order valence-electron chi connectivity index (χ0n) is 10.8. The summed E-state index contributed by atoms with van der Waals surface area (Å²) in [6.07, 6.45) is 0. The van der Waals surface area contributed by atoms with Crippen molar-refractivity contribution in [3.63, 3.8) is 0 Å². The van der Waals surface area contributed by atoms with Gasteiger partial charge in [-0.25, -0.2) is 0 Å². The lowest BCUT2D eigenvalue weighted by Gasteiger charge is -2.37. The van der Waals surface area contributed by atoms with Crippen molar-refractivity contribution in [2.24, 2.45) is 5.92 Å². The molecule has 1 heterocycles. The summed E-state index contributed by atoms with van der Waals surface area (Å²) >= 11 is 9.46. The first-order valence-electron chi connectivity index (χ1n) is 6.48. The molecule has 0 radical (unpaired) electrons. The van der Waals surface area contributed by atoms with Crippen molar-refractivity contribution < 1.29 is 0 Å². The SMILES string of the molecule is CC(CBr)CN1CCN(c2ccc(Cl)cc2)CC1. The lowest BCUT2D eigenvalue weighted by molar-refractivity contribution is 0.233. The van der Waals surface area contributed by atoms with Crippen LogP contribution in [-0.4, -0.2) is 43.0 Å². The normalized spacial score (nSPS) is 18.9. The monoisotopic (exact) mass is 330 g/mol. The highest BCUT2D eigenvalue weighted by Gasteiger charge is 2.18. The van der Waals surface area contributed by atoms with Gasteiger partial charge in [-0.15, -0.1) is 0 Å². The van der Waals surface area contributed by atoms with Crippen LogP contribution in [0.15, 0.2) is 24.3 Å². The van der Waals surface area contributed by atoms with Crippen LogP contribution < -0.4 is 4.90 Å². The maximum atomic E-state index is 5.92. The maximum absolute atomic E-state index is 5.92. The zero-order valence-corrected chi connectivity index (χ0v) is 13.1. The molecule has 1 atom stereocenters. The lowest BCUT2D eigenvalue weighted by Crippen LogP contribution is -2.47. The highest BCUT2D eigenvalue weighted by molar-refractivity contribution is 9.09. The minimum Gasteiger partial charge on any atom is -0.369 e. The second-order valence-corrected chi connectivity index (χ2v) is 6.11. The molecular weight excluding hydrogens is 312 g/mol. The molecule has 18 heavy (non-hydrogen) atoms. The van der Waals surface area contributed by atoms with Gasteiger partial charge in [0.1, 0.15) is 0 Å². The van der Waals surface area contributed by atoms with E-state index in [0.717, 1.165) is 42.4 Å². The van der Waals surface area contributed by atoms with Crippen molar-refractivity contribution in [2.45, 2.75) is 6.92 Å². The largest absolute Gasteiger partial charge is 0.369 e. The van der Waals surface area contributed by atoms with E-state index in [-0.39, 0.29) is 0 Å². The molecule has 0 aromatic heterocycles. The smallest absolute Gasteiger partial charge is 0.0407 e. The van der Waals surface area contributed by atoms with E-state index in [1.54, 1.807) is 0 Å². The van der Waals surface area contributed by atoms with Crippen LogP contribution in [-0.2, 0) is 0 Å². The third kappa shape index (κ3) is 3.87. The molecule has 2 nitrogen and oxygen atoms in total. The molecule has 0 aliphatic carbocycles. The maximum Gasteiger partial charge on any atom is 0.0407 e. The van der Waals surface area contributed by atoms with Crippen molar-refractivity contribution in [3.05, 3.63) is 29.3 Å². The molecule has 0 amide bonds. The first kappa shape index (κ1) is 14.2. The Balaban J connectivity index is 1.84. The second kappa shape index (κ2) is 6.78. The molecule has 4 heteroatoms. The molecule has 1 fully saturated rings. The molecule has 0 bridgehead atoms. The van der Waals surface area contributed by atoms with Crippen molar-refractivity contribution in [3.8, 4) is 0 Å². The second-order valence-electron chi connectivity index (χ2n) is 5.02. The molecule has 1 aromatic carbocycles. The Morgan fingerprint density at radius 1 is 1.17 bits per heavy atom. The molecule has 0 spiro atoms. The summed E-state index contributed by atoms with van der Waals surface area (Å²) in [5, 5.41) is 1.90. The van der Waals surface area contributed by atoms with Gasteiger partial charge in [-0.3, -0.25) is 4.90 Å². The van der Waals surface area contributed by atoms with Gasteiger partial charge in [0.2, 0.25) is 0 Å². The Labute approximate surface area is 123 Å². The number of anilines is 1. The van der Waals surface area contributed by atoms with E-state index in [4.69, 9.17) is 11.6 Å². The van der Waals surface area contributed by atoms with E-state index in [9.17, 15) is 0 Å². The van der Waals surface area contributed by atoms with Crippen molar-refractivity contribution in [2.75, 3.05) is 43.0 Å². The molecular formula is C14H20BrClN2. The summed E-state index contributed by atoms with van der Waals surface area (Å²) in [6.45, 7) is 8.01. The number of hydrogen-bond acceptors (Lipinski definition) is 2. The first-order chi connectivity index (χ1) is 8.69. The van der Waals surface area contributed by atoms with Gasteiger partial charge in [-0.2, -0.15) is 0 Å². The topological polar surface area (TPSA) is 6.48 Å². The Kier molecular flexibility index (Phi) is 5.34.